The molecular formula is C20H22ClN4O4+. The quantitative estimate of drug-likeness (QED) is 0.449. The molecule has 0 saturated heterocycles. The summed E-state index contributed by atoms with van der Waals surface area (Å²) in [6, 6.07) is 12.8. The molecule has 1 aliphatic rings. The number of hydrogen-bond acceptors (Lipinski definition) is 4. The minimum atomic E-state index is -0.670. The van der Waals surface area contributed by atoms with Crippen molar-refractivity contribution in [2.45, 2.75) is 24.9 Å². The van der Waals surface area contributed by atoms with E-state index < -0.39 is 11.0 Å². The molecule has 1 unspecified atom stereocenters. The van der Waals surface area contributed by atoms with Crippen LogP contribution in [0.2, 0.25) is 5.02 Å². The zero-order valence-electron chi connectivity index (χ0n) is 15.9. The Balaban J connectivity index is 1.79. The molecule has 1 aliphatic carbocycles. The first-order valence-electron chi connectivity index (χ1n) is 9.26. The Morgan fingerprint density at radius 2 is 1.93 bits per heavy atom. The van der Waals surface area contributed by atoms with Crippen molar-refractivity contribution < 1.29 is 19.4 Å². The first-order chi connectivity index (χ1) is 13.8. The van der Waals surface area contributed by atoms with Crippen LogP contribution in [0, 0.1) is 10.1 Å². The number of quaternary nitrogens is 1. The van der Waals surface area contributed by atoms with Crippen molar-refractivity contribution in [3.8, 4) is 0 Å². The highest BCUT2D eigenvalue weighted by molar-refractivity contribution is 6.32. The minimum absolute atomic E-state index is 0.00732. The van der Waals surface area contributed by atoms with Crippen LogP contribution in [0.25, 0.3) is 0 Å². The van der Waals surface area contributed by atoms with Crippen molar-refractivity contribution in [2.24, 2.45) is 0 Å². The average Bonchev–Trinajstić information content (AvgIpc) is 3.47. The molecule has 1 saturated carbocycles. The summed E-state index contributed by atoms with van der Waals surface area (Å²) in [4.78, 5) is 36.5. The molecule has 3 N–H and O–H groups in total. The molecule has 1 fully saturated rings. The molecule has 2 amide bonds. The van der Waals surface area contributed by atoms with E-state index in [9.17, 15) is 19.7 Å². The third kappa shape index (κ3) is 5.52. The van der Waals surface area contributed by atoms with Crippen molar-refractivity contribution in [3.63, 3.8) is 0 Å². The second kappa shape index (κ2) is 9.02. The Morgan fingerprint density at radius 1 is 1.24 bits per heavy atom. The van der Waals surface area contributed by atoms with Gasteiger partial charge in [-0.15, -0.1) is 0 Å². The number of nitrogens with zero attached hydrogens (tertiary/aromatic N) is 1. The van der Waals surface area contributed by atoms with Crippen LogP contribution < -0.4 is 15.5 Å². The second-order valence-electron chi connectivity index (χ2n) is 7.12. The molecule has 2 aromatic rings. The number of nitrogens with one attached hydrogen (secondary N) is 3. The van der Waals surface area contributed by atoms with Crippen LogP contribution in [-0.4, -0.2) is 36.4 Å². The molecule has 29 heavy (non-hydrogen) atoms. The van der Waals surface area contributed by atoms with Gasteiger partial charge in [0.05, 0.1) is 12.0 Å². The SMILES string of the molecule is C[NH+](CC(=O)NC1CC1)[C@@H](C(=O)Nc1ccc(Cl)c([N+](=O)[O-])c1)c1ccccc1. The van der Waals surface area contributed by atoms with Gasteiger partial charge in [0.25, 0.3) is 17.5 Å². The highest BCUT2D eigenvalue weighted by atomic mass is 35.5. The maximum atomic E-state index is 13.1. The number of carbonyl (C=O) groups excluding carboxylic acids is 2. The van der Waals surface area contributed by atoms with Gasteiger partial charge in [0.2, 0.25) is 0 Å². The molecule has 0 radical (unpaired) electrons. The highest BCUT2D eigenvalue weighted by Crippen LogP contribution is 2.27. The lowest BCUT2D eigenvalue weighted by atomic mass is 10.0. The lowest BCUT2D eigenvalue weighted by molar-refractivity contribution is -0.894. The Morgan fingerprint density at radius 3 is 2.55 bits per heavy atom. The van der Waals surface area contributed by atoms with E-state index in [1.54, 1.807) is 7.05 Å². The van der Waals surface area contributed by atoms with Gasteiger partial charge < -0.3 is 15.5 Å². The smallest absolute Gasteiger partial charge is 0.289 e. The van der Waals surface area contributed by atoms with Gasteiger partial charge in [0, 0.05) is 23.4 Å². The number of halogens is 1. The zero-order chi connectivity index (χ0) is 21.0. The standard InChI is InChI=1S/C20H21ClN4O4/c1-24(12-18(26)22-14-7-8-14)19(13-5-3-2-4-6-13)20(27)23-15-9-10-16(21)17(11-15)25(28)29/h2-6,9-11,14,19H,7-8,12H2,1H3,(H,22,26)(H,23,27)/p+1/t19-/m1/s1. The van der Waals surface area contributed by atoms with Crippen LogP contribution in [0.3, 0.4) is 0 Å². The first kappa shape index (κ1) is 20.8. The Hall–Kier alpha value is -2.97. The summed E-state index contributed by atoms with van der Waals surface area (Å²) in [6.45, 7) is 0.129. The summed E-state index contributed by atoms with van der Waals surface area (Å²) in [6.07, 6.45) is 1.98. The van der Waals surface area contributed by atoms with Gasteiger partial charge in [0.15, 0.2) is 12.6 Å². The lowest BCUT2D eigenvalue weighted by Crippen LogP contribution is -3.11. The van der Waals surface area contributed by atoms with E-state index in [0.29, 0.717) is 4.90 Å². The molecule has 8 nitrogen and oxygen atoms in total. The summed E-state index contributed by atoms with van der Waals surface area (Å²) >= 11 is 5.84. The van der Waals surface area contributed by atoms with Crippen LogP contribution in [0.4, 0.5) is 11.4 Å². The first-order valence-corrected chi connectivity index (χ1v) is 9.64. The summed E-state index contributed by atoms with van der Waals surface area (Å²) in [5.41, 5.74) is 0.720. The van der Waals surface area contributed by atoms with Crippen LogP contribution in [-0.2, 0) is 9.59 Å². The third-order valence-electron chi connectivity index (χ3n) is 4.68. The topological polar surface area (TPSA) is 106 Å². The predicted molar refractivity (Wildman–Crippen MR) is 109 cm³/mol. The van der Waals surface area contributed by atoms with Crippen LogP contribution in [0.1, 0.15) is 24.4 Å². The molecule has 0 heterocycles. The monoisotopic (exact) mass is 417 g/mol. The summed E-state index contributed by atoms with van der Waals surface area (Å²) in [5.74, 6) is -0.481. The number of carbonyl (C=O) groups is 2. The van der Waals surface area contributed by atoms with Crippen molar-refractivity contribution >= 4 is 34.8 Å². The minimum Gasteiger partial charge on any atom is -0.348 e. The molecular weight excluding hydrogens is 396 g/mol. The molecule has 2 aromatic carbocycles. The van der Waals surface area contributed by atoms with Gasteiger partial charge in [-0.3, -0.25) is 19.7 Å². The maximum Gasteiger partial charge on any atom is 0.289 e. The van der Waals surface area contributed by atoms with Gasteiger partial charge in [-0.1, -0.05) is 41.9 Å². The van der Waals surface area contributed by atoms with E-state index in [-0.39, 0.29) is 40.8 Å². The molecule has 0 aliphatic heterocycles. The van der Waals surface area contributed by atoms with Gasteiger partial charge in [-0.2, -0.15) is 0 Å². The molecule has 2 atom stereocenters. The van der Waals surface area contributed by atoms with E-state index in [1.165, 1.54) is 18.2 Å². The Labute approximate surface area is 173 Å². The molecule has 9 heteroatoms. The fourth-order valence-corrected chi connectivity index (χ4v) is 3.30. The van der Waals surface area contributed by atoms with E-state index in [2.05, 4.69) is 10.6 Å². The third-order valence-corrected chi connectivity index (χ3v) is 5.00. The average molecular weight is 418 g/mol. The number of likely N-dealkylation sites (N-methyl/N-ethyl adjacent to an activating group) is 1. The molecule has 0 aromatic heterocycles. The summed E-state index contributed by atoms with van der Waals surface area (Å²) < 4.78 is 0. The van der Waals surface area contributed by atoms with Crippen LogP contribution >= 0.6 is 11.6 Å². The number of benzene rings is 2. The van der Waals surface area contributed by atoms with Gasteiger partial charge >= 0.3 is 0 Å². The molecule has 0 bridgehead atoms. The normalized spacial score (nSPS) is 15.2. The van der Waals surface area contributed by atoms with E-state index in [0.717, 1.165) is 18.4 Å². The zero-order valence-corrected chi connectivity index (χ0v) is 16.6. The summed E-state index contributed by atoms with van der Waals surface area (Å²) in [5, 5.41) is 16.7. The maximum absolute atomic E-state index is 13.1. The lowest BCUT2D eigenvalue weighted by Gasteiger charge is -2.24. The highest BCUT2D eigenvalue weighted by Gasteiger charge is 2.32. The molecule has 152 valence electrons. The fourth-order valence-electron chi connectivity index (χ4n) is 3.11. The van der Waals surface area contributed by atoms with Crippen LogP contribution in [0.5, 0.6) is 0 Å². The number of anilines is 1. The largest absolute Gasteiger partial charge is 0.348 e. The fraction of sp³-hybridized carbons (Fsp3) is 0.300. The second-order valence-corrected chi connectivity index (χ2v) is 7.53. The van der Waals surface area contributed by atoms with Crippen molar-refractivity contribution in [1.82, 2.24) is 5.32 Å². The molecule has 3 rings (SSSR count). The molecule has 0 spiro atoms. The van der Waals surface area contributed by atoms with E-state index in [4.69, 9.17) is 11.6 Å². The predicted octanol–water partition coefficient (Wildman–Crippen LogP) is 1.72. The van der Waals surface area contributed by atoms with Crippen LogP contribution in [0.15, 0.2) is 48.5 Å². The van der Waals surface area contributed by atoms with Gasteiger partial charge in [-0.25, -0.2) is 0 Å². The van der Waals surface area contributed by atoms with Crippen molar-refractivity contribution in [2.75, 3.05) is 18.9 Å². The Kier molecular flexibility index (Phi) is 6.46. The van der Waals surface area contributed by atoms with E-state index >= 15 is 0 Å². The summed E-state index contributed by atoms with van der Waals surface area (Å²) in [7, 11) is 1.77. The number of nitro benzene ring substituents is 1. The van der Waals surface area contributed by atoms with Crippen molar-refractivity contribution in [1.29, 1.82) is 0 Å². The van der Waals surface area contributed by atoms with Gasteiger partial charge in [-0.05, 0) is 25.0 Å². The Bertz CT molecular complexity index is 918. The number of hydrogen-bond donors (Lipinski definition) is 3. The van der Waals surface area contributed by atoms with Crippen molar-refractivity contribution in [3.05, 3.63) is 69.2 Å². The van der Waals surface area contributed by atoms with E-state index in [1.807, 2.05) is 30.3 Å². The van der Waals surface area contributed by atoms with Gasteiger partial charge in [0.1, 0.15) is 5.02 Å². The number of nitro groups is 1. The number of amides is 2. The number of rotatable bonds is 8.